The second kappa shape index (κ2) is 12.5. The first kappa shape index (κ1) is 31.0. The molecule has 1 fully saturated rings. The minimum atomic E-state index is -1.48. The van der Waals surface area contributed by atoms with Gasteiger partial charge in [0.1, 0.15) is 18.7 Å². The predicted molar refractivity (Wildman–Crippen MR) is 179 cm³/mol. The van der Waals surface area contributed by atoms with Gasteiger partial charge in [-0.15, -0.1) is 0 Å². The number of hydrogen-bond donors (Lipinski definition) is 2. The Balaban J connectivity index is 1.42. The van der Waals surface area contributed by atoms with Gasteiger partial charge < -0.3 is 19.7 Å². The molecule has 4 aromatic carbocycles. The lowest BCUT2D eigenvalue weighted by molar-refractivity contribution is -0.147. The summed E-state index contributed by atoms with van der Waals surface area (Å²) in [6, 6.07) is 32.5. The largest absolute Gasteiger partial charge is 0.469 e. The topological polar surface area (TPSA) is 146 Å². The smallest absolute Gasteiger partial charge is 0.323 e. The quantitative estimate of drug-likeness (QED) is 0.100. The Bertz CT molecular complexity index is 1920. The van der Waals surface area contributed by atoms with Gasteiger partial charge in [0.2, 0.25) is 5.91 Å². The molecule has 1 amide bonds. The van der Waals surface area contributed by atoms with Gasteiger partial charge in [0.05, 0.1) is 24.1 Å². The minimum absolute atomic E-state index is 0.0929. The summed E-state index contributed by atoms with van der Waals surface area (Å²) in [7, 11) is 1.22. The molecular weight excluding hydrogens is 608 g/mol. The number of carbonyl (C=O) groups excluding carboxylic acids is 3. The summed E-state index contributed by atoms with van der Waals surface area (Å²) in [5.41, 5.74) is 11.8. The number of azide groups is 1. The lowest BCUT2D eigenvalue weighted by Gasteiger charge is -2.47. The highest BCUT2D eigenvalue weighted by Crippen LogP contribution is 2.64. The zero-order valence-electron chi connectivity index (χ0n) is 26.3. The number of rotatable bonds is 10. The van der Waals surface area contributed by atoms with Gasteiger partial charge in [0, 0.05) is 22.8 Å². The number of hydrogen-bond acceptors (Lipinski definition) is 8. The zero-order valence-corrected chi connectivity index (χ0v) is 26.3. The van der Waals surface area contributed by atoms with Crippen LogP contribution in [-0.2, 0) is 47.8 Å². The van der Waals surface area contributed by atoms with Crippen molar-refractivity contribution in [3.8, 4) is 0 Å². The molecule has 2 N–H and O–H groups in total. The molecule has 0 spiro atoms. The Kier molecular flexibility index (Phi) is 8.08. The van der Waals surface area contributed by atoms with Crippen LogP contribution in [0.2, 0.25) is 0 Å². The van der Waals surface area contributed by atoms with Crippen LogP contribution >= 0.6 is 0 Å². The van der Waals surface area contributed by atoms with Gasteiger partial charge in [-0.05, 0) is 52.8 Å². The Morgan fingerprint density at radius 1 is 0.938 bits per heavy atom. The lowest BCUT2D eigenvalue weighted by Crippen LogP contribution is -2.62. The van der Waals surface area contributed by atoms with Crippen LogP contribution in [0.4, 0.5) is 11.4 Å². The standard InChI is InChI=1S/C37H34N6O5/c1-47-32(44)30(41-42-38)21-37(26-16-8-10-18-28(26)40-35(37)46)36-20-29(33(45)48-23-25-14-6-3-7-15-25)39-34(36)43(22-24-12-4-2-5-13-24)31-19-11-9-17-27(31)36/h2-19,29-30,34,39H,20-23H2,1H3,(H,40,46)/t29-,30-,34?,36?,37?/m0/s1. The maximum absolute atomic E-state index is 14.8. The molecule has 3 heterocycles. The van der Waals surface area contributed by atoms with Crippen LogP contribution in [0.15, 0.2) is 114 Å². The van der Waals surface area contributed by atoms with E-state index in [1.807, 2.05) is 109 Å². The first-order valence-electron chi connectivity index (χ1n) is 15.8. The summed E-state index contributed by atoms with van der Waals surface area (Å²) in [6.07, 6.45) is -0.630. The van der Waals surface area contributed by atoms with Crippen molar-refractivity contribution in [3.05, 3.63) is 142 Å². The van der Waals surface area contributed by atoms with E-state index < -0.39 is 41.0 Å². The third kappa shape index (κ3) is 4.87. The maximum atomic E-state index is 14.8. The fraction of sp³-hybridized carbons (Fsp3) is 0.270. The summed E-state index contributed by atoms with van der Waals surface area (Å²) in [5.74, 6) is -1.56. The molecule has 7 rings (SSSR count). The number of anilines is 2. The first-order valence-corrected chi connectivity index (χ1v) is 15.8. The third-order valence-corrected chi connectivity index (χ3v) is 10.0. The highest BCUT2D eigenvalue weighted by Gasteiger charge is 2.72. The van der Waals surface area contributed by atoms with E-state index in [2.05, 4.69) is 25.6 Å². The minimum Gasteiger partial charge on any atom is -0.469 e. The second-order valence-corrected chi connectivity index (χ2v) is 12.4. The molecule has 11 nitrogen and oxygen atoms in total. The third-order valence-electron chi connectivity index (χ3n) is 10.0. The lowest BCUT2D eigenvalue weighted by atomic mass is 9.53. The van der Waals surface area contributed by atoms with Crippen LogP contribution in [0.1, 0.15) is 35.1 Å². The number of nitrogens with one attached hydrogen (secondary N) is 2. The average Bonchev–Trinajstić information content (AvgIpc) is 3.74. The summed E-state index contributed by atoms with van der Waals surface area (Å²) >= 11 is 0. The summed E-state index contributed by atoms with van der Waals surface area (Å²) in [4.78, 5) is 47.1. The van der Waals surface area contributed by atoms with E-state index in [1.165, 1.54) is 7.11 Å². The van der Waals surface area contributed by atoms with Crippen molar-refractivity contribution < 1.29 is 23.9 Å². The molecule has 11 heteroatoms. The average molecular weight is 643 g/mol. The van der Waals surface area contributed by atoms with E-state index >= 15 is 0 Å². The van der Waals surface area contributed by atoms with Crippen molar-refractivity contribution in [1.82, 2.24) is 5.32 Å². The van der Waals surface area contributed by atoms with Gasteiger partial charge in [-0.3, -0.25) is 19.7 Å². The molecule has 242 valence electrons. The maximum Gasteiger partial charge on any atom is 0.323 e. The second-order valence-electron chi connectivity index (χ2n) is 12.4. The molecule has 3 unspecified atom stereocenters. The van der Waals surface area contributed by atoms with Gasteiger partial charge >= 0.3 is 11.9 Å². The Hall–Kier alpha value is -5.64. The van der Waals surface area contributed by atoms with Crippen molar-refractivity contribution in [2.75, 3.05) is 17.3 Å². The Labute approximate surface area is 277 Å². The molecule has 3 aliphatic rings. The number of carbonyl (C=O) groups is 3. The molecule has 0 bridgehead atoms. The monoisotopic (exact) mass is 642 g/mol. The van der Waals surface area contributed by atoms with Gasteiger partial charge in [-0.25, -0.2) is 0 Å². The molecule has 5 atom stereocenters. The summed E-state index contributed by atoms with van der Waals surface area (Å²) < 4.78 is 11.0. The van der Waals surface area contributed by atoms with Crippen LogP contribution in [-0.4, -0.2) is 43.2 Å². The number of amides is 1. The van der Waals surface area contributed by atoms with Crippen molar-refractivity contribution >= 4 is 29.2 Å². The van der Waals surface area contributed by atoms with Crippen molar-refractivity contribution in [2.24, 2.45) is 5.11 Å². The molecule has 1 saturated heterocycles. The van der Waals surface area contributed by atoms with E-state index in [0.29, 0.717) is 17.8 Å². The fourth-order valence-corrected chi connectivity index (χ4v) is 8.06. The normalized spacial score (nSPS) is 24.0. The Morgan fingerprint density at radius 3 is 2.29 bits per heavy atom. The van der Waals surface area contributed by atoms with Crippen LogP contribution in [0, 0.1) is 0 Å². The van der Waals surface area contributed by atoms with E-state index in [0.717, 1.165) is 22.4 Å². The highest BCUT2D eigenvalue weighted by atomic mass is 16.5. The van der Waals surface area contributed by atoms with Crippen molar-refractivity contribution in [1.29, 1.82) is 0 Å². The molecule has 48 heavy (non-hydrogen) atoms. The fourth-order valence-electron chi connectivity index (χ4n) is 8.06. The zero-order chi connectivity index (χ0) is 33.3. The van der Waals surface area contributed by atoms with Crippen LogP contribution in [0.25, 0.3) is 10.4 Å². The number of fused-ring (bicyclic) bond motifs is 4. The molecule has 0 aromatic heterocycles. The van der Waals surface area contributed by atoms with E-state index in [9.17, 15) is 19.9 Å². The van der Waals surface area contributed by atoms with Gasteiger partial charge in [-0.2, -0.15) is 0 Å². The number of para-hydroxylation sites is 2. The van der Waals surface area contributed by atoms with Gasteiger partial charge in [0.25, 0.3) is 0 Å². The molecule has 0 radical (unpaired) electrons. The van der Waals surface area contributed by atoms with Gasteiger partial charge in [0.15, 0.2) is 0 Å². The molecule has 0 saturated carbocycles. The van der Waals surface area contributed by atoms with E-state index in [-0.39, 0.29) is 25.4 Å². The highest BCUT2D eigenvalue weighted by molar-refractivity contribution is 6.09. The molecular formula is C37H34N6O5. The van der Waals surface area contributed by atoms with E-state index in [1.54, 1.807) is 0 Å². The summed E-state index contributed by atoms with van der Waals surface area (Å²) in [5, 5.41) is 10.5. The predicted octanol–water partition coefficient (Wildman–Crippen LogP) is 5.51. The van der Waals surface area contributed by atoms with Crippen molar-refractivity contribution in [3.63, 3.8) is 0 Å². The van der Waals surface area contributed by atoms with Gasteiger partial charge in [-0.1, -0.05) is 102 Å². The molecule has 3 aliphatic heterocycles. The van der Waals surface area contributed by atoms with Crippen LogP contribution < -0.4 is 15.5 Å². The number of methoxy groups -OCH3 is 1. The first-order chi connectivity index (χ1) is 23.4. The number of ether oxygens (including phenoxy) is 2. The molecule has 0 aliphatic carbocycles. The number of benzene rings is 4. The van der Waals surface area contributed by atoms with Crippen LogP contribution in [0.3, 0.4) is 0 Å². The number of esters is 2. The molecule has 4 aromatic rings. The van der Waals surface area contributed by atoms with Crippen molar-refractivity contribution in [2.45, 2.75) is 55.1 Å². The summed E-state index contributed by atoms with van der Waals surface area (Å²) in [6.45, 7) is 0.564. The van der Waals surface area contributed by atoms with Crippen LogP contribution in [0.5, 0.6) is 0 Å². The SMILES string of the molecule is COC(=O)[C@H](CC1(C23C[C@@H](C(=O)OCc4ccccc4)NC2N(Cc2ccccc2)c2ccccc23)C(=O)Nc2ccccc21)N=[N+]=[N-]. The van der Waals surface area contributed by atoms with E-state index in [4.69, 9.17) is 9.47 Å². The Morgan fingerprint density at radius 2 is 1.58 bits per heavy atom. The number of nitrogens with zero attached hydrogens (tertiary/aromatic N) is 4.